The Labute approximate surface area is 124 Å². The fourth-order valence-electron chi connectivity index (χ4n) is 2.43. The smallest absolute Gasteiger partial charge is 0.251 e. The summed E-state index contributed by atoms with van der Waals surface area (Å²) in [6.07, 6.45) is 0. The minimum absolute atomic E-state index is 0.0426. The molecule has 1 unspecified atom stereocenters. The van der Waals surface area contributed by atoms with Crippen molar-refractivity contribution in [3.63, 3.8) is 0 Å². The molecule has 1 aromatic heterocycles. The quantitative estimate of drug-likeness (QED) is 0.676. The van der Waals surface area contributed by atoms with Crippen LogP contribution in [-0.4, -0.2) is 15.5 Å². The third-order valence-electron chi connectivity index (χ3n) is 3.36. The standard InChI is InChI=1S/C15H9ClN2OS/c16-10-6-7-11-12(8-10)18-14(19)13(20-15(18)17-11)9-4-2-1-3-5-9/h1-8,13H. The highest BCUT2D eigenvalue weighted by atomic mass is 35.5. The molecule has 1 aliphatic rings. The van der Waals surface area contributed by atoms with Gasteiger partial charge in [-0.15, -0.1) is 0 Å². The van der Waals surface area contributed by atoms with E-state index in [1.54, 1.807) is 16.7 Å². The maximum Gasteiger partial charge on any atom is 0.251 e. The van der Waals surface area contributed by atoms with E-state index in [4.69, 9.17) is 11.6 Å². The lowest BCUT2D eigenvalue weighted by atomic mass is 10.1. The predicted octanol–water partition coefficient (Wildman–Crippen LogP) is 4.18. The Hall–Kier alpha value is -1.78. The SMILES string of the molecule is O=C1C(c2ccccc2)Sc2nc3ccc(Cl)cc3n21. The van der Waals surface area contributed by atoms with Crippen molar-refractivity contribution in [2.75, 3.05) is 0 Å². The summed E-state index contributed by atoms with van der Waals surface area (Å²) in [4.78, 5) is 17.1. The van der Waals surface area contributed by atoms with Crippen LogP contribution in [0.4, 0.5) is 0 Å². The number of thioether (sulfide) groups is 1. The van der Waals surface area contributed by atoms with E-state index in [2.05, 4.69) is 4.98 Å². The van der Waals surface area contributed by atoms with Gasteiger partial charge in [-0.05, 0) is 23.8 Å². The molecule has 0 saturated carbocycles. The summed E-state index contributed by atoms with van der Waals surface area (Å²) in [5, 5.41) is 1.13. The fraction of sp³-hybridized carbons (Fsp3) is 0.0667. The molecule has 0 saturated heterocycles. The van der Waals surface area contributed by atoms with Crippen LogP contribution in [0.5, 0.6) is 0 Å². The molecular weight excluding hydrogens is 292 g/mol. The first kappa shape index (κ1) is 12.0. The zero-order chi connectivity index (χ0) is 13.7. The number of carbonyl (C=O) groups is 1. The maximum absolute atomic E-state index is 12.6. The van der Waals surface area contributed by atoms with Gasteiger partial charge in [0.25, 0.3) is 5.91 Å². The molecule has 0 fully saturated rings. The van der Waals surface area contributed by atoms with Crippen molar-refractivity contribution >= 4 is 40.3 Å². The molecule has 3 nitrogen and oxygen atoms in total. The van der Waals surface area contributed by atoms with Crippen LogP contribution in [-0.2, 0) is 0 Å². The van der Waals surface area contributed by atoms with E-state index in [1.165, 1.54) is 11.8 Å². The summed E-state index contributed by atoms with van der Waals surface area (Å²) in [5.74, 6) is 0.0426. The summed E-state index contributed by atoms with van der Waals surface area (Å²) < 4.78 is 1.67. The number of imidazole rings is 1. The van der Waals surface area contributed by atoms with Crippen LogP contribution < -0.4 is 0 Å². The van der Waals surface area contributed by atoms with Crippen molar-refractivity contribution in [3.05, 3.63) is 59.1 Å². The minimum atomic E-state index is -0.220. The van der Waals surface area contributed by atoms with Crippen molar-refractivity contribution in [3.8, 4) is 0 Å². The molecule has 20 heavy (non-hydrogen) atoms. The number of nitrogens with zero attached hydrogens (tertiary/aromatic N) is 2. The molecule has 0 N–H and O–H groups in total. The summed E-state index contributed by atoms with van der Waals surface area (Å²) in [5.41, 5.74) is 2.59. The van der Waals surface area contributed by atoms with Crippen LogP contribution in [0.15, 0.2) is 53.7 Å². The van der Waals surface area contributed by atoms with Gasteiger partial charge in [0.1, 0.15) is 5.25 Å². The predicted molar refractivity (Wildman–Crippen MR) is 80.4 cm³/mol. The third-order valence-corrected chi connectivity index (χ3v) is 4.79. The van der Waals surface area contributed by atoms with Gasteiger partial charge in [-0.3, -0.25) is 9.36 Å². The van der Waals surface area contributed by atoms with Crippen LogP contribution in [0.25, 0.3) is 11.0 Å². The Morgan fingerprint density at radius 1 is 1.15 bits per heavy atom. The molecule has 4 rings (SSSR count). The van der Waals surface area contributed by atoms with Crippen LogP contribution >= 0.6 is 23.4 Å². The van der Waals surface area contributed by atoms with E-state index in [9.17, 15) is 4.79 Å². The van der Waals surface area contributed by atoms with Crippen LogP contribution in [0.3, 0.4) is 0 Å². The van der Waals surface area contributed by atoms with E-state index in [0.29, 0.717) is 5.02 Å². The lowest BCUT2D eigenvalue weighted by Gasteiger charge is -2.07. The highest BCUT2D eigenvalue weighted by molar-refractivity contribution is 8.00. The lowest BCUT2D eigenvalue weighted by molar-refractivity contribution is 0.0915. The Bertz CT molecular complexity index is 829. The van der Waals surface area contributed by atoms with Gasteiger partial charge in [0.05, 0.1) is 11.0 Å². The largest absolute Gasteiger partial charge is 0.272 e. The second-order valence-electron chi connectivity index (χ2n) is 4.61. The zero-order valence-corrected chi connectivity index (χ0v) is 11.9. The van der Waals surface area contributed by atoms with E-state index >= 15 is 0 Å². The Balaban J connectivity index is 1.86. The monoisotopic (exact) mass is 300 g/mol. The lowest BCUT2D eigenvalue weighted by Crippen LogP contribution is -2.11. The molecule has 0 spiro atoms. The Morgan fingerprint density at radius 3 is 2.75 bits per heavy atom. The van der Waals surface area contributed by atoms with Crippen molar-refractivity contribution in [2.45, 2.75) is 10.4 Å². The van der Waals surface area contributed by atoms with Gasteiger partial charge in [-0.1, -0.05) is 53.7 Å². The van der Waals surface area contributed by atoms with Gasteiger partial charge < -0.3 is 0 Å². The van der Waals surface area contributed by atoms with Crippen LogP contribution in [0, 0.1) is 0 Å². The first-order chi connectivity index (χ1) is 9.74. The van der Waals surface area contributed by atoms with Crippen molar-refractivity contribution < 1.29 is 4.79 Å². The Morgan fingerprint density at radius 2 is 1.95 bits per heavy atom. The van der Waals surface area contributed by atoms with Gasteiger partial charge in [0.2, 0.25) is 0 Å². The minimum Gasteiger partial charge on any atom is -0.272 e. The van der Waals surface area contributed by atoms with Gasteiger partial charge in [0, 0.05) is 5.02 Å². The number of fused-ring (bicyclic) bond motifs is 3. The molecule has 3 aromatic rings. The molecule has 0 radical (unpaired) electrons. The van der Waals surface area contributed by atoms with E-state index < -0.39 is 0 Å². The topological polar surface area (TPSA) is 34.9 Å². The maximum atomic E-state index is 12.6. The molecule has 0 amide bonds. The van der Waals surface area contributed by atoms with Crippen LogP contribution in [0.2, 0.25) is 5.02 Å². The van der Waals surface area contributed by atoms with Crippen molar-refractivity contribution in [1.29, 1.82) is 0 Å². The number of rotatable bonds is 1. The molecule has 2 heterocycles. The molecule has 0 aliphatic carbocycles. The van der Waals surface area contributed by atoms with Crippen LogP contribution in [0.1, 0.15) is 15.6 Å². The number of hydrogen-bond donors (Lipinski definition) is 0. The fourth-order valence-corrected chi connectivity index (χ4v) is 3.75. The normalized spacial score (nSPS) is 17.6. The summed E-state index contributed by atoms with van der Waals surface area (Å²) in [7, 11) is 0. The summed E-state index contributed by atoms with van der Waals surface area (Å²) >= 11 is 7.51. The zero-order valence-electron chi connectivity index (χ0n) is 10.3. The first-order valence-electron chi connectivity index (χ1n) is 6.18. The molecule has 1 aliphatic heterocycles. The number of halogens is 1. The number of aromatic nitrogens is 2. The van der Waals surface area contributed by atoms with E-state index in [1.807, 2.05) is 36.4 Å². The second-order valence-corrected chi connectivity index (χ2v) is 6.12. The van der Waals surface area contributed by atoms with Gasteiger partial charge in [-0.2, -0.15) is 0 Å². The van der Waals surface area contributed by atoms with Gasteiger partial charge in [-0.25, -0.2) is 4.98 Å². The summed E-state index contributed by atoms with van der Waals surface area (Å²) in [6.45, 7) is 0. The third kappa shape index (κ3) is 1.69. The van der Waals surface area contributed by atoms with Gasteiger partial charge >= 0.3 is 0 Å². The number of hydrogen-bond acceptors (Lipinski definition) is 3. The van der Waals surface area contributed by atoms with Crippen molar-refractivity contribution in [2.24, 2.45) is 0 Å². The Kier molecular flexibility index (Phi) is 2.62. The average Bonchev–Trinajstić information content (AvgIpc) is 2.97. The van der Waals surface area contributed by atoms with Gasteiger partial charge in [0.15, 0.2) is 5.16 Å². The van der Waals surface area contributed by atoms with Crippen molar-refractivity contribution in [1.82, 2.24) is 9.55 Å². The number of carbonyl (C=O) groups excluding carboxylic acids is 1. The molecule has 98 valence electrons. The second kappa shape index (κ2) is 4.36. The molecule has 1 atom stereocenters. The highest BCUT2D eigenvalue weighted by Crippen LogP contribution is 2.44. The number of benzene rings is 2. The summed E-state index contributed by atoms with van der Waals surface area (Å²) in [6, 6.07) is 15.2. The molecule has 0 bridgehead atoms. The van der Waals surface area contributed by atoms with E-state index in [0.717, 1.165) is 21.8 Å². The molecular formula is C15H9ClN2OS. The molecule has 2 aromatic carbocycles. The van der Waals surface area contributed by atoms with E-state index in [-0.39, 0.29) is 11.2 Å². The molecule has 5 heteroatoms. The first-order valence-corrected chi connectivity index (χ1v) is 7.43. The average molecular weight is 301 g/mol. The highest BCUT2D eigenvalue weighted by Gasteiger charge is 2.35.